The normalized spacial score (nSPS) is 12.5. The third kappa shape index (κ3) is 3.57. The van der Waals surface area contributed by atoms with Crippen LogP contribution in [0.5, 0.6) is 0 Å². The fourth-order valence-corrected chi connectivity index (χ4v) is 3.57. The molecular weight excluding hydrogens is 367 g/mol. The number of allylic oxidation sites excluding steroid dienone is 1. The second kappa shape index (κ2) is 7.81. The van der Waals surface area contributed by atoms with E-state index in [1.807, 2.05) is 6.07 Å². The van der Waals surface area contributed by atoms with Crippen LogP contribution in [0.3, 0.4) is 0 Å². The van der Waals surface area contributed by atoms with Crippen molar-refractivity contribution in [3.63, 3.8) is 0 Å². The molecule has 2 heterocycles. The van der Waals surface area contributed by atoms with Crippen molar-refractivity contribution >= 4 is 28.8 Å². The average molecular weight is 380 g/mol. The van der Waals surface area contributed by atoms with Crippen LogP contribution in [0.1, 0.15) is 16.1 Å². The summed E-state index contributed by atoms with van der Waals surface area (Å²) in [5.74, 6) is -1.05. The number of thiazole rings is 1. The Bertz CT molecular complexity index is 1230. The average Bonchev–Trinajstić information content (AvgIpc) is 3.27. The number of hydrogen-bond donors (Lipinski definition) is 0. The van der Waals surface area contributed by atoms with Crippen molar-refractivity contribution in [1.29, 1.82) is 5.26 Å². The van der Waals surface area contributed by atoms with Crippen LogP contribution in [0.4, 0.5) is 4.39 Å². The molecule has 0 saturated carbocycles. The number of carbonyl (C=O) groups excluding carboxylic acids is 1. The molecule has 0 aliphatic rings. The second-order valence-corrected chi connectivity index (χ2v) is 6.46. The van der Waals surface area contributed by atoms with Gasteiger partial charge in [0.1, 0.15) is 27.9 Å². The quantitative estimate of drug-likeness (QED) is 0.502. The first kappa shape index (κ1) is 18.3. The number of halogens is 1. The highest BCUT2D eigenvalue weighted by atomic mass is 32.1. The Labute approximate surface area is 157 Å². The minimum atomic E-state index is -0.779. The number of Topliss-reactive ketones (excluding diaryl/α,β-unsaturated/α-hetero) is 1. The van der Waals surface area contributed by atoms with Crippen molar-refractivity contribution in [3.8, 4) is 6.07 Å². The van der Waals surface area contributed by atoms with Gasteiger partial charge in [-0.2, -0.15) is 5.26 Å². The number of hydrogen-bond acceptors (Lipinski definition) is 5. The summed E-state index contributed by atoms with van der Waals surface area (Å²) in [5, 5.41) is 9.56. The summed E-state index contributed by atoms with van der Waals surface area (Å²) in [7, 11) is 0. The summed E-state index contributed by atoms with van der Waals surface area (Å²) < 4.78 is 20.9. The molecule has 0 amide bonds. The zero-order valence-corrected chi connectivity index (χ0v) is 14.8. The lowest BCUT2D eigenvalue weighted by atomic mass is 10.0. The molecule has 0 bridgehead atoms. The molecule has 1 aromatic carbocycles. The van der Waals surface area contributed by atoms with E-state index in [1.54, 1.807) is 12.1 Å². The molecular formula is C20H13FN2O3S. The number of carbonyl (C=O) groups is 1. The van der Waals surface area contributed by atoms with Gasteiger partial charge in [-0.25, -0.2) is 4.39 Å². The van der Waals surface area contributed by atoms with Crippen molar-refractivity contribution in [3.05, 3.63) is 92.0 Å². The minimum absolute atomic E-state index is 0.104. The van der Waals surface area contributed by atoms with Gasteiger partial charge in [-0.15, -0.1) is 17.9 Å². The van der Waals surface area contributed by atoms with E-state index in [9.17, 15) is 19.2 Å². The Kier molecular flexibility index (Phi) is 5.29. The van der Waals surface area contributed by atoms with Crippen LogP contribution < -0.4 is 14.8 Å². The number of aromatic nitrogens is 1. The van der Waals surface area contributed by atoms with Crippen LogP contribution in [-0.2, 0) is 6.54 Å². The van der Waals surface area contributed by atoms with Crippen LogP contribution in [-0.4, -0.2) is 10.4 Å². The Balaban J connectivity index is 2.32. The van der Waals surface area contributed by atoms with Gasteiger partial charge >= 0.3 is 0 Å². The molecule has 134 valence electrons. The minimum Gasteiger partial charge on any atom is -0.465 e. The van der Waals surface area contributed by atoms with Gasteiger partial charge in [0, 0.05) is 12.6 Å². The Morgan fingerprint density at radius 3 is 2.74 bits per heavy atom. The zero-order valence-electron chi connectivity index (χ0n) is 14.0. The van der Waals surface area contributed by atoms with Gasteiger partial charge in [0.2, 0.25) is 5.78 Å². The van der Waals surface area contributed by atoms with Gasteiger partial charge in [0.15, 0.2) is 0 Å². The van der Waals surface area contributed by atoms with Gasteiger partial charge in [-0.1, -0.05) is 18.2 Å². The first-order valence-electron chi connectivity index (χ1n) is 7.86. The second-order valence-electron chi connectivity index (χ2n) is 5.43. The summed E-state index contributed by atoms with van der Waals surface area (Å²) >= 11 is 0.970. The first-order valence-corrected chi connectivity index (χ1v) is 8.68. The maximum atomic E-state index is 14.0. The van der Waals surface area contributed by atoms with Crippen LogP contribution in [0.25, 0.3) is 11.6 Å². The summed E-state index contributed by atoms with van der Waals surface area (Å²) in [6.07, 6.45) is 4.48. The van der Waals surface area contributed by atoms with Crippen LogP contribution in [0.2, 0.25) is 0 Å². The van der Waals surface area contributed by atoms with E-state index in [4.69, 9.17) is 4.42 Å². The largest absolute Gasteiger partial charge is 0.465 e. The number of furan rings is 1. The van der Waals surface area contributed by atoms with E-state index >= 15 is 0 Å². The maximum absolute atomic E-state index is 14.0. The summed E-state index contributed by atoms with van der Waals surface area (Å²) in [6.45, 7) is 3.71. The topological polar surface area (TPSA) is 76.0 Å². The Morgan fingerprint density at radius 1 is 1.33 bits per heavy atom. The predicted molar refractivity (Wildman–Crippen MR) is 100 cm³/mol. The van der Waals surface area contributed by atoms with E-state index in [2.05, 4.69) is 6.58 Å². The molecule has 7 heteroatoms. The first-order chi connectivity index (χ1) is 13.1. The Morgan fingerprint density at radius 2 is 2.11 bits per heavy atom. The molecule has 0 atom stereocenters. The maximum Gasteiger partial charge on any atom is 0.269 e. The van der Waals surface area contributed by atoms with Crippen molar-refractivity contribution in [2.24, 2.45) is 0 Å². The van der Waals surface area contributed by atoms with Crippen molar-refractivity contribution in [2.75, 3.05) is 0 Å². The summed E-state index contributed by atoms with van der Waals surface area (Å²) in [4.78, 5) is 25.4. The number of benzene rings is 1. The number of nitrogens with zero attached hydrogens (tertiary/aromatic N) is 2. The zero-order chi connectivity index (χ0) is 19.4. The highest BCUT2D eigenvalue weighted by Gasteiger charge is 2.20. The molecule has 3 aromatic rings. The van der Waals surface area contributed by atoms with Crippen LogP contribution in [0, 0.1) is 17.1 Å². The smallest absolute Gasteiger partial charge is 0.269 e. The third-order valence-corrected chi connectivity index (χ3v) is 4.84. The molecule has 0 unspecified atom stereocenters. The molecule has 0 aliphatic heterocycles. The SMILES string of the molecule is C=CCn1c(=O)/c(=C/c2ccco2)s/c1=C(/C#N)C(=O)c1ccccc1F. The van der Waals surface area contributed by atoms with E-state index in [1.165, 1.54) is 41.2 Å². The molecule has 0 fully saturated rings. The molecule has 0 N–H and O–H groups in total. The summed E-state index contributed by atoms with van der Waals surface area (Å²) in [5.41, 5.74) is -0.917. The lowest BCUT2D eigenvalue weighted by Gasteiger charge is -2.02. The Hall–Kier alpha value is -3.50. The van der Waals surface area contributed by atoms with E-state index in [0.29, 0.717) is 5.76 Å². The van der Waals surface area contributed by atoms with Gasteiger partial charge < -0.3 is 4.42 Å². The number of rotatable bonds is 5. The van der Waals surface area contributed by atoms with Crippen molar-refractivity contribution in [1.82, 2.24) is 4.57 Å². The number of ketones is 1. The van der Waals surface area contributed by atoms with Crippen molar-refractivity contribution in [2.45, 2.75) is 6.54 Å². The molecule has 3 rings (SSSR count). The van der Waals surface area contributed by atoms with Gasteiger partial charge in [-0.3, -0.25) is 14.2 Å². The van der Waals surface area contributed by atoms with E-state index in [-0.39, 0.29) is 32.4 Å². The molecule has 0 radical (unpaired) electrons. The summed E-state index contributed by atoms with van der Waals surface area (Å²) in [6, 6.07) is 10.6. The molecule has 0 spiro atoms. The molecule has 2 aromatic heterocycles. The lowest BCUT2D eigenvalue weighted by molar-refractivity contribution is 0.105. The fraction of sp³-hybridized carbons (Fsp3) is 0.0500. The standard InChI is InChI=1S/C20H13FN2O3S/c1-2-9-23-19(25)17(11-13-6-5-10-26-13)27-20(23)15(12-22)18(24)14-7-3-4-8-16(14)21/h2-8,10-11H,1,9H2/b17-11-,20-15-. The van der Waals surface area contributed by atoms with Gasteiger partial charge in [-0.05, 0) is 24.3 Å². The monoisotopic (exact) mass is 380 g/mol. The highest BCUT2D eigenvalue weighted by Crippen LogP contribution is 2.12. The third-order valence-electron chi connectivity index (χ3n) is 3.71. The lowest BCUT2D eigenvalue weighted by Crippen LogP contribution is -2.32. The van der Waals surface area contributed by atoms with E-state index in [0.717, 1.165) is 17.4 Å². The molecule has 5 nitrogen and oxygen atoms in total. The predicted octanol–water partition coefficient (Wildman–Crippen LogP) is 2.21. The highest BCUT2D eigenvalue weighted by molar-refractivity contribution is 7.07. The molecule has 0 saturated heterocycles. The molecule has 0 aliphatic carbocycles. The van der Waals surface area contributed by atoms with Crippen LogP contribution in [0.15, 0.2) is 64.5 Å². The number of nitriles is 1. The van der Waals surface area contributed by atoms with Gasteiger partial charge in [0.05, 0.1) is 16.4 Å². The van der Waals surface area contributed by atoms with E-state index < -0.39 is 11.6 Å². The molecule has 27 heavy (non-hydrogen) atoms. The fourth-order valence-electron chi connectivity index (χ4n) is 2.48. The van der Waals surface area contributed by atoms with Gasteiger partial charge in [0.25, 0.3) is 5.56 Å². The van der Waals surface area contributed by atoms with Crippen LogP contribution >= 0.6 is 11.3 Å². The van der Waals surface area contributed by atoms with Crippen molar-refractivity contribution < 1.29 is 13.6 Å².